The number of nitrogens with one attached hydrogen (secondary N) is 1. The molecule has 1 aromatic carbocycles. The van der Waals surface area contributed by atoms with Crippen molar-refractivity contribution in [3.63, 3.8) is 0 Å². The third kappa shape index (κ3) is 2.70. The van der Waals surface area contributed by atoms with Crippen LogP contribution in [0.25, 0.3) is 0 Å². The normalized spacial score (nSPS) is 11.7. The van der Waals surface area contributed by atoms with Gasteiger partial charge in [-0.05, 0) is 30.0 Å². The highest BCUT2D eigenvalue weighted by Crippen LogP contribution is 2.35. The summed E-state index contributed by atoms with van der Waals surface area (Å²) in [5.74, 6) is 0. The Balaban J connectivity index is 2.26. The highest BCUT2D eigenvalue weighted by atomic mass is 32.2. The van der Waals surface area contributed by atoms with Crippen LogP contribution in [0.2, 0.25) is 0 Å². The molecule has 1 heterocycles. The fourth-order valence-corrected chi connectivity index (χ4v) is 1.88. The van der Waals surface area contributed by atoms with Gasteiger partial charge in [-0.15, -0.1) is 0 Å². The van der Waals surface area contributed by atoms with Crippen LogP contribution in [0.5, 0.6) is 0 Å². The van der Waals surface area contributed by atoms with E-state index in [2.05, 4.69) is 15.2 Å². The molecule has 0 unspecified atom stereocenters. The molecule has 0 fully saturated rings. The number of hydrogen-bond donors (Lipinski definition) is 2. The Morgan fingerprint density at radius 1 is 1.29 bits per heavy atom. The van der Waals surface area contributed by atoms with Gasteiger partial charge in [0, 0.05) is 10.6 Å². The molecule has 0 radical (unpaired) electrons. The lowest BCUT2D eigenvalue weighted by Gasteiger charge is -2.09. The quantitative estimate of drug-likeness (QED) is 0.814. The summed E-state index contributed by atoms with van der Waals surface area (Å²) in [5, 5.41) is 6.68. The number of halogens is 3. The van der Waals surface area contributed by atoms with Gasteiger partial charge in [0.25, 0.3) is 0 Å². The summed E-state index contributed by atoms with van der Waals surface area (Å²) in [6.45, 7) is 0. The van der Waals surface area contributed by atoms with E-state index < -0.39 is 11.7 Å². The van der Waals surface area contributed by atoms with Crippen molar-refractivity contribution in [1.29, 1.82) is 0 Å². The van der Waals surface area contributed by atoms with Crippen LogP contribution in [0.15, 0.2) is 34.6 Å². The Hall–Kier alpha value is -1.70. The van der Waals surface area contributed by atoms with Crippen LogP contribution >= 0.6 is 11.8 Å². The third-order valence-corrected chi connectivity index (χ3v) is 2.92. The molecule has 0 aliphatic rings. The van der Waals surface area contributed by atoms with Crippen LogP contribution in [-0.2, 0) is 6.18 Å². The molecule has 0 bridgehead atoms. The number of nitrogens with zero attached hydrogens (tertiary/aromatic N) is 2. The van der Waals surface area contributed by atoms with Crippen LogP contribution in [0, 0.1) is 0 Å². The summed E-state index contributed by atoms with van der Waals surface area (Å²) in [6.07, 6.45) is -3.08. The third-order valence-electron chi connectivity index (χ3n) is 1.94. The Morgan fingerprint density at radius 2 is 2.06 bits per heavy atom. The number of nitrogen functional groups attached to an aromatic ring is 1. The predicted molar refractivity (Wildman–Crippen MR) is 56.4 cm³/mol. The number of hydrogen-bond acceptors (Lipinski definition) is 4. The van der Waals surface area contributed by atoms with Crippen LogP contribution < -0.4 is 5.73 Å². The number of aromatic amines is 1. The number of rotatable bonds is 2. The van der Waals surface area contributed by atoms with Crippen LogP contribution in [-0.4, -0.2) is 15.2 Å². The summed E-state index contributed by atoms with van der Waals surface area (Å²) >= 11 is 1.12. The van der Waals surface area contributed by atoms with Crippen molar-refractivity contribution in [1.82, 2.24) is 15.2 Å². The van der Waals surface area contributed by atoms with Crippen LogP contribution in [0.1, 0.15) is 5.56 Å². The second-order valence-electron chi connectivity index (χ2n) is 3.14. The van der Waals surface area contributed by atoms with Gasteiger partial charge >= 0.3 is 6.18 Å². The van der Waals surface area contributed by atoms with Crippen molar-refractivity contribution in [3.8, 4) is 0 Å². The summed E-state index contributed by atoms with van der Waals surface area (Å²) in [7, 11) is 0. The van der Waals surface area contributed by atoms with E-state index in [4.69, 9.17) is 5.73 Å². The van der Waals surface area contributed by atoms with Crippen molar-refractivity contribution in [2.45, 2.75) is 16.2 Å². The van der Waals surface area contributed by atoms with Crippen molar-refractivity contribution in [3.05, 3.63) is 30.1 Å². The van der Waals surface area contributed by atoms with Gasteiger partial charge in [-0.1, -0.05) is 0 Å². The zero-order valence-corrected chi connectivity index (χ0v) is 9.14. The van der Waals surface area contributed by atoms with E-state index in [-0.39, 0.29) is 5.69 Å². The van der Waals surface area contributed by atoms with Crippen LogP contribution in [0.3, 0.4) is 0 Å². The van der Waals surface area contributed by atoms with E-state index in [0.717, 1.165) is 23.9 Å². The molecular formula is C9H7F3N4S. The Bertz CT molecular complexity index is 509. The monoisotopic (exact) mass is 260 g/mol. The molecule has 0 saturated carbocycles. The largest absolute Gasteiger partial charge is 0.416 e. The lowest BCUT2D eigenvalue weighted by molar-refractivity contribution is -0.137. The van der Waals surface area contributed by atoms with Gasteiger partial charge in [0.05, 0.1) is 5.56 Å². The molecule has 0 aliphatic heterocycles. The minimum atomic E-state index is -4.39. The van der Waals surface area contributed by atoms with Gasteiger partial charge < -0.3 is 5.73 Å². The van der Waals surface area contributed by atoms with Gasteiger partial charge in [0.15, 0.2) is 5.16 Å². The zero-order chi connectivity index (χ0) is 12.5. The van der Waals surface area contributed by atoms with E-state index in [9.17, 15) is 13.2 Å². The summed E-state index contributed by atoms with van der Waals surface area (Å²) < 4.78 is 37.2. The Labute approximate surface area is 98.4 Å². The highest BCUT2D eigenvalue weighted by Gasteiger charge is 2.30. The van der Waals surface area contributed by atoms with Crippen LogP contribution in [0.4, 0.5) is 18.9 Å². The molecular weight excluding hydrogens is 253 g/mol. The molecule has 0 aliphatic carbocycles. The van der Waals surface area contributed by atoms with Gasteiger partial charge in [0.2, 0.25) is 0 Å². The first-order chi connectivity index (χ1) is 7.97. The molecule has 17 heavy (non-hydrogen) atoms. The molecule has 3 N–H and O–H groups in total. The maximum absolute atomic E-state index is 12.4. The molecule has 0 amide bonds. The lowest BCUT2D eigenvalue weighted by atomic mass is 10.2. The number of aromatic nitrogens is 3. The summed E-state index contributed by atoms with van der Waals surface area (Å²) in [5.41, 5.74) is 4.84. The molecule has 0 atom stereocenters. The molecule has 2 rings (SSSR count). The highest BCUT2D eigenvalue weighted by molar-refractivity contribution is 7.99. The lowest BCUT2D eigenvalue weighted by Crippen LogP contribution is -2.05. The fourth-order valence-electron chi connectivity index (χ4n) is 1.17. The molecule has 2 aromatic rings. The number of anilines is 1. The summed E-state index contributed by atoms with van der Waals surface area (Å²) in [6, 6.07) is 3.19. The van der Waals surface area contributed by atoms with Gasteiger partial charge in [-0.25, -0.2) is 4.98 Å². The van der Waals surface area contributed by atoms with E-state index in [1.54, 1.807) is 0 Å². The Morgan fingerprint density at radius 3 is 2.59 bits per heavy atom. The number of benzene rings is 1. The Kier molecular flexibility index (Phi) is 2.97. The van der Waals surface area contributed by atoms with E-state index in [1.165, 1.54) is 12.4 Å². The van der Waals surface area contributed by atoms with Crippen molar-refractivity contribution in [2.24, 2.45) is 0 Å². The van der Waals surface area contributed by atoms with Gasteiger partial charge in [0.1, 0.15) is 6.33 Å². The first-order valence-electron chi connectivity index (χ1n) is 4.47. The molecule has 0 saturated heterocycles. The van der Waals surface area contributed by atoms with E-state index in [0.29, 0.717) is 10.1 Å². The standard InChI is InChI=1S/C9H7F3N4S/c10-9(11,12)5-1-2-7(6(13)3-5)17-8-14-4-15-16-8/h1-4H,13H2,(H,14,15,16). The molecule has 1 aromatic heterocycles. The second kappa shape index (κ2) is 4.28. The topological polar surface area (TPSA) is 67.6 Å². The molecule has 90 valence electrons. The average molecular weight is 260 g/mol. The minimum absolute atomic E-state index is 0.0567. The van der Waals surface area contributed by atoms with E-state index in [1.807, 2.05) is 0 Å². The van der Waals surface area contributed by atoms with Crippen molar-refractivity contribution < 1.29 is 13.2 Å². The predicted octanol–water partition coefficient (Wildman–Crippen LogP) is 2.56. The minimum Gasteiger partial charge on any atom is -0.398 e. The van der Waals surface area contributed by atoms with Gasteiger partial charge in [-0.2, -0.15) is 18.3 Å². The number of alkyl halides is 3. The summed E-state index contributed by atoms with van der Waals surface area (Å²) in [4.78, 5) is 4.34. The maximum atomic E-state index is 12.4. The number of H-pyrrole nitrogens is 1. The van der Waals surface area contributed by atoms with E-state index >= 15 is 0 Å². The second-order valence-corrected chi connectivity index (χ2v) is 4.17. The molecule has 0 spiro atoms. The fraction of sp³-hybridized carbons (Fsp3) is 0.111. The smallest absolute Gasteiger partial charge is 0.398 e. The molecule has 4 nitrogen and oxygen atoms in total. The first-order valence-corrected chi connectivity index (χ1v) is 5.28. The SMILES string of the molecule is Nc1cc(C(F)(F)F)ccc1Sc1ncn[nH]1. The van der Waals surface area contributed by atoms with Crippen molar-refractivity contribution in [2.75, 3.05) is 5.73 Å². The molecule has 8 heteroatoms. The van der Waals surface area contributed by atoms with Crippen molar-refractivity contribution >= 4 is 17.4 Å². The maximum Gasteiger partial charge on any atom is 0.416 e. The average Bonchev–Trinajstić information content (AvgIpc) is 2.72. The van der Waals surface area contributed by atoms with Gasteiger partial charge in [-0.3, -0.25) is 5.10 Å². The number of nitrogens with two attached hydrogens (primary N) is 1. The first kappa shape index (κ1) is 11.8. The zero-order valence-electron chi connectivity index (χ0n) is 8.32.